The molecule has 0 spiro atoms. The number of carbonyl (C=O) groups is 2. The van der Waals surface area contributed by atoms with Gasteiger partial charge in [0.05, 0.1) is 17.3 Å². The van der Waals surface area contributed by atoms with E-state index in [0.29, 0.717) is 16.5 Å². The zero-order valence-electron chi connectivity index (χ0n) is 17.2. The van der Waals surface area contributed by atoms with Crippen molar-refractivity contribution in [3.05, 3.63) is 119 Å². The molecule has 0 bridgehead atoms. The number of hydrogen-bond acceptors (Lipinski definition) is 3. The van der Waals surface area contributed by atoms with Crippen molar-refractivity contribution in [3.63, 3.8) is 0 Å². The van der Waals surface area contributed by atoms with Crippen LogP contribution in [0.5, 0.6) is 0 Å². The molecular formula is C27H17F2NO3. The fraction of sp³-hybridized carbons (Fsp3) is 0.0370. The Labute approximate surface area is 188 Å². The number of Topliss-reactive ketones (excluding diaryl/α,β-unsaturated/α-hetero) is 1. The molecule has 1 aliphatic heterocycles. The lowest BCUT2D eigenvalue weighted by Crippen LogP contribution is -2.30. The van der Waals surface area contributed by atoms with Crippen molar-refractivity contribution in [3.8, 4) is 0 Å². The van der Waals surface area contributed by atoms with Crippen LogP contribution in [0.2, 0.25) is 0 Å². The van der Waals surface area contributed by atoms with Crippen molar-refractivity contribution in [2.24, 2.45) is 0 Å². The molecule has 1 heterocycles. The zero-order valence-corrected chi connectivity index (χ0v) is 17.2. The monoisotopic (exact) mass is 441 g/mol. The molecule has 0 aliphatic carbocycles. The summed E-state index contributed by atoms with van der Waals surface area (Å²) in [5, 5.41) is 12.9. The molecule has 1 N–H and O–H groups in total. The molecule has 0 saturated carbocycles. The van der Waals surface area contributed by atoms with Gasteiger partial charge in [0.1, 0.15) is 17.4 Å². The number of anilines is 1. The Morgan fingerprint density at radius 3 is 2.30 bits per heavy atom. The van der Waals surface area contributed by atoms with E-state index in [2.05, 4.69) is 0 Å². The number of benzene rings is 4. The molecule has 33 heavy (non-hydrogen) atoms. The Hall–Kier alpha value is -4.32. The maximum atomic E-state index is 14.7. The summed E-state index contributed by atoms with van der Waals surface area (Å²) < 4.78 is 28.7. The number of carbonyl (C=O) groups excluding carboxylic acids is 2. The standard InChI is InChI=1S/C27H17F2NO3/c28-18-13-14-21(29)22(15-18)30-24(17-8-2-1-3-9-17)23(26(32)27(30)33)25(31)20-12-6-10-16-7-4-5-11-19(16)20/h1-15,24,31H/b25-23-. The van der Waals surface area contributed by atoms with Gasteiger partial charge in [0, 0.05) is 11.6 Å². The maximum absolute atomic E-state index is 14.7. The minimum atomic E-state index is -1.14. The van der Waals surface area contributed by atoms with Crippen molar-refractivity contribution in [1.29, 1.82) is 0 Å². The van der Waals surface area contributed by atoms with Crippen LogP contribution >= 0.6 is 0 Å². The Bertz CT molecular complexity index is 1440. The first-order chi connectivity index (χ1) is 16.0. The van der Waals surface area contributed by atoms with Crippen molar-refractivity contribution in [1.82, 2.24) is 0 Å². The van der Waals surface area contributed by atoms with Gasteiger partial charge in [-0.15, -0.1) is 0 Å². The topological polar surface area (TPSA) is 57.6 Å². The van der Waals surface area contributed by atoms with Gasteiger partial charge in [0.15, 0.2) is 0 Å². The maximum Gasteiger partial charge on any atom is 0.300 e. The van der Waals surface area contributed by atoms with Crippen LogP contribution in [0.1, 0.15) is 17.2 Å². The summed E-state index contributed by atoms with van der Waals surface area (Å²) >= 11 is 0. The molecule has 0 aromatic heterocycles. The highest BCUT2D eigenvalue weighted by molar-refractivity contribution is 6.51. The summed E-state index contributed by atoms with van der Waals surface area (Å²) in [4.78, 5) is 27.2. The second kappa shape index (κ2) is 7.98. The number of aliphatic hydroxyl groups is 1. The second-order valence-electron chi connectivity index (χ2n) is 7.70. The van der Waals surface area contributed by atoms with Gasteiger partial charge in [0.25, 0.3) is 11.7 Å². The average molecular weight is 441 g/mol. The molecule has 4 nitrogen and oxygen atoms in total. The lowest BCUT2D eigenvalue weighted by atomic mass is 9.93. The first kappa shape index (κ1) is 20.6. The molecule has 6 heteroatoms. The Morgan fingerprint density at radius 1 is 0.818 bits per heavy atom. The van der Waals surface area contributed by atoms with E-state index in [-0.39, 0.29) is 17.0 Å². The molecular weight excluding hydrogens is 424 g/mol. The normalized spacial score (nSPS) is 17.6. The van der Waals surface area contributed by atoms with Crippen LogP contribution in [0.3, 0.4) is 0 Å². The zero-order chi connectivity index (χ0) is 23.1. The van der Waals surface area contributed by atoms with E-state index in [4.69, 9.17) is 0 Å². The van der Waals surface area contributed by atoms with E-state index in [0.717, 1.165) is 28.5 Å². The van der Waals surface area contributed by atoms with Crippen molar-refractivity contribution >= 4 is 33.9 Å². The number of halogens is 2. The molecule has 1 fully saturated rings. The van der Waals surface area contributed by atoms with E-state index in [1.54, 1.807) is 54.6 Å². The second-order valence-corrected chi connectivity index (χ2v) is 7.70. The van der Waals surface area contributed by atoms with Gasteiger partial charge >= 0.3 is 0 Å². The van der Waals surface area contributed by atoms with Gasteiger partial charge in [-0.1, -0.05) is 72.8 Å². The van der Waals surface area contributed by atoms with Crippen LogP contribution < -0.4 is 4.90 Å². The predicted octanol–water partition coefficient (Wildman–Crippen LogP) is 5.74. The molecule has 4 aromatic carbocycles. The van der Waals surface area contributed by atoms with Crippen LogP contribution in [0.25, 0.3) is 16.5 Å². The van der Waals surface area contributed by atoms with Crippen LogP contribution in [0.4, 0.5) is 14.5 Å². The molecule has 1 unspecified atom stereocenters. The van der Waals surface area contributed by atoms with E-state index in [9.17, 15) is 23.5 Å². The van der Waals surface area contributed by atoms with Gasteiger partial charge in [0.2, 0.25) is 0 Å². The van der Waals surface area contributed by atoms with Crippen molar-refractivity contribution in [2.45, 2.75) is 6.04 Å². The molecule has 5 rings (SSSR count). The van der Waals surface area contributed by atoms with Gasteiger partial charge < -0.3 is 5.11 Å². The molecule has 1 atom stereocenters. The van der Waals surface area contributed by atoms with E-state index in [1.165, 1.54) is 0 Å². The summed E-state index contributed by atoms with van der Waals surface area (Å²) in [5.74, 6) is -4.01. The van der Waals surface area contributed by atoms with E-state index in [1.807, 2.05) is 18.2 Å². The lowest BCUT2D eigenvalue weighted by molar-refractivity contribution is -0.132. The first-order valence-electron chi connectivity index (χ1n) is 10.3. The fourth-order valence-electron chi connectivity index (χ4n) is 4.28. The van der Waals surface area contributed by atoms with Gasteiger partial charge in [-0.3, -0.25) is 14.5 Å². The molecule has 4 aromatic rings. The van der Waals surface area contributed by atoms with E-state index < -0.39 is 29.4 Å². The summed E-state index contributed by atoms with van der Waals surface area (Å²) in [7, 11) is 0. The summed E-state index contributed by atoms with van der Waals surface area (Å²) in [5.41, 5.74) is 0.281. The quantitative estimate of drug-likeness (QED) is 0.250. The molecule has 1 aliphatic rings. The van der Waals surface area contributed by atoms with Crippen LogP contribution in [-0.2, 0) is 9.59 Å². The predicted molar refractivity (Wildman–Crippen MR) is 122 cm³/mol. The summed E-state index contributed by atoms with van der Waals surface area (Å²) in [6.45, 7) is 0. The summed E-state index contributed by atoms with van der Waals surface area (Å²) in [6, 6.07) is 22.6. The highest BCUT2D eigenvalue weighted by Gasteiger charge is 2.47. The minimum Gasteiger partial charge on any atom is -0.507 e. The van der Waals surface area contributed by atoms with Crippen LogP contribution in [0.15, 0.2) is 96.6 Å². The van der Waals surface area contributed by atoms with Gasteiger partial charge in [-0.2, -0.15) is 0 Å². The number of ketones is 1. The Balaban J connectivity index is 1.80. The Morgan fingerprint density at radius 2 is 1.52 bits per heavy atom. The van der Waals surface area contributed by atoms with Crippen LogP contribution in [-0.4, -0.2) is 16.8 Å². The minimum absolute atomic E-state index is 0.189. The number of rotatable bonds is 3. The van der Waals surface area contributed by atoms with Crippen LogP contribution in [0, 0.1) is 11.6 Å². The van der Waals surface area contributed by atoms with Gasteiger partial charge in [-0.25, -0.2) is 8.78 Å². The number of hydrogen-bond donors (Lipinski definition) is 1. The smallest absolute Gasteiger partial charge is 0.300 e. The lowest BCUT2D eigenvalue weighted by Gasteiger charge is -2.25. The third-order valence-corrected chi connectivity index (χ3v) is 5.77. The third-order valence-electron chi connectivity index (χ3n) is 5.77. The number of fused-ring (bicyclic) bond motifs is 1. The van der Waals surface area contributed by atoms with Gasteiger partial charge in [-0.05, 0) is 28.5 Å². The SMILES string of the molecule is O=C1C(=O)N(c2cc(F)ccc2F)C(c2ccccc2)/C1=C(/O)c1cccc2ccccc12. The fourth-order valence-corrected chi connectivity index (χ4v) is 4.28. The molecule has 162 valence electrons. The summed E-state index contributed by atoms with van der Waals surface area (Å²) in [6.07, 6.45) is 0. The molecule has 0 radical (unpaired) electrons. The largest absolute Gasteiger partial charge is 0.507 e. The van der Waals surface area contributed by atoms with E-state index >= 15 is 0 Å². The number of amides is 1. The highest BCUT2D eigenvalue weighted by atomic mass is 19.1. The van der Waals surface area contributed by atoms with Crippen molar-refractivity contribution in [2.75, 3.05) is 4.90 Å². The third kappa shape index (κ3) is 3.36. The first-order valence-corrected chi connectivity index (χ1v) is 10.3. The van der Waals surface area contributed by atoms with Crippen molar-refractivity contribution < 1.29 is 23.5 Å². The highest BCUT2D eigenvalue weighted by Crippen LogP contribution is 2.43. The average Bonchev–Trinajstić information content (AvgIpc) is 3.10. The number of aliphatic hydroxyl groups excluding tert-OH is 1. The Kier molecular flexibility index (Phi) is 4.98. The molecule has 1 amide bonds. The number of nitrogens with zero attached hydrogens (tertiary/aromatic N) is 1. The molecule has 1 saturated heterocycles.